The monoisotopic (exact) mass is 420 g/mol. The molecule has 0 saturated heterocycles. The van der Waals surface area contributed by atoms with Crippen LogP contribution in [0.4, 0.5) is 4.79 Å². The van der Waals surface area contributed by atoms with E-state index in [0.717, 1.165) is 32.1 Å². The third kappa shape index (κ3) is 5.12. The Kier molecular flexibility index (Phi) is 6.11. The molecular weight excluding hydrogens is 384 g/mol. The number of hydrogen-bond acceptors (Lipinski definition) is 3. The number of carbonyl (C=O) groups excluding carboxylic acids is 1. The predicted octanol–water partition coefficient (Wildman–Crippen LogP) is 5.70. The maximum absolute atomic E-state index is 12.7. The van der Waals surface area contributed by atoms with Gasteiger partial charge in [0.05, 0.1) is 6.04 Å². The van der Waals surface area contributed by atoms with Crippen LogP contribution in [0.3, 0.4) is 0 Å². The van der Waals surface area contributed by atoms with Gasteiger partial charge in [0, 0.05) is 6.04 Å². The second kappa shape index (κ2) is 8.66. The Balaban J connectivity index is 1.61. The van der Waals surface area contributed by atoms with Crippen LogP contribution in [0.1, 0.15) is 85.5 Å². The third-order valence-corrected chi connectivity index (χ3v) is 6.63. The molecule has 0 spiro atoms. The first kappa shape index (κ1) is 21.9. The number of alkyl carbamates (subject to hydrolysis) is 1. The van der Waals surface area contributed by atoms with Crippen LogP contribution in [-0.4, -0.2) is 11.7 Å². The molecule has 4 heteroatoms. The quantitative estimate of drug-likeness (QED) is 0.669. The predicted molar refractivity (Wildman–Crippen MR) is 125 cm³/mol. The van der Waals surface area contributed by atoms with E-state index in [1.54, 1.807) is 0 Å². The number of amides is 1. The maximum atomic E-state index is 12.7. The average Bonchev–Trinajstić information content (AvgIpc) is 2.69. The largest absolute Gasteiger partial charge is 0.444 e. The number of aryl methyl sites for hydroxylation is 3. The van der Waals surface area contributed by atoms with Crippen molar-refractivity contribution < 1.29 is 9.53 Å². The first-order valence-electron chi connectivity index (χ1n) is 11.7. The number of nitrogens with one attached hydrogen (secondary N) is 1. The fourth-order valence-corrected chi connectivity index (χ4v) is 5.16. The molecule has 3 N–H and O–H groups in total. The van der Waals surface area contributed by atoms with Gasteiger partial charge in [-0.05, 0) is 100.0 Å². The molecule has 4 rings (SSSR count). The molecule has 2 aliphatic rings. The van der Waals surface area contributed by atoms with Crippen LogP contribution in [0.2, 0.25) is 0 Å². The van der Waals surface area contributed by atoms with Crippen molar-refractivity contribution in [2.24, 2.45) is 11.7 Å². The van der Waals surface area contributed by atoms with Crippen LogP contribution in [0.15, 0.2) is 36.4 Å². The molecular formula is C27H36N2O2. The van der Waals surface area contributed by atoms with Gasteiger partial charge in [0.2, 0.25) is 0 Å². The molecule has 0 fully saturated rings. The number of rotatable bonds is 3. The molecule has 3 atom stereocenters. The third-order valence-electron chi connectivity index (χ3n) is 6.63. The van der Waals surface area contributed by atoms with Crippen LogP contribution in [0, 0.1) is 12.8 Å². The molecule has 1 amide bonds. The first-order valence-corrected chi connectivity index (χ1v) is 11.7. The molecule has 0 bridgehead atoms. The zero-order valence-electron chi connectivity index (χ0n) is 19.3. The van der Waals surface area contributed by atoms with Gasteiger partial charge in [-0.15, -0.1) is 0 Å². The van der Waals surface area contributed by atoms with E-state index >= 15 is 0 Å². The van der Waals surface area contributed by atoms with Crippen molar-refractivity contribution in [2.45, 2.75) is 83.9 Å². The normalized spacial score (nSPS) is 22.9. The van der Waals surface area contributed by atoms with Crippen molar-refractivity contribution >= 4 is 6.09 Å². The SMILES string of the molecule is Cc1ccc2c(c1)[C@@H](NC(=O)OC(C)(C)C)C(Cc1ccc3c(c1)[C@@H](N)CCC3)CC2. The van der Waals surface area contributed by atoms with Crippen molar-refractivity contribution in [2.75, 3.05) is 0 Å². The van der Waals surface area contributed by atoms with Crippen molar-refractivity contribution in [3.63, 3.8) is 0 Å². The molecule has 4 nitrogen and oxygen atoms in total. The Labute approximate surface area is 186 Å². The zero-order chi connectivity index (χ0) is 22.2. The molecule has 1 unspecified atom stereocenters. The molecule has 2 aromatic carbocycles. The van der Waals surface area contributed by atoms with Crippen molar-refractivity contribution in [3.05, 3.63) is 69.8 Å². The summed E-state index contributed by atoms with van der Waals surface area (Å²) in [6.07, 6.45) is 6.03. The molecule has 0 aliphatic heterocycles. The van der Waals surface area contributed by atoms with Crippen molar-refractivity contribution in [1.82, 2.24) is 5.32 Å². The molecule has 2 aromatic rings. The summed E-state index contributed by atoms with van der Waals surface area (Å²) in [5.41, 5.74) is 13.7. The highest BCUT2D eigenvalue weighted by Gasteiger charge is 2.32. The Morgan fingerprint density at radius 2 is 1.81 bits per heavy atom. The van der Waals surface area contributed by atoms with Crippen LogP contribution in [0.25, 0.3) is 0 Å². The second-order valence-electron chi connectivity index (χ2n) is 10.4. The Bertz CT molecular complexity index is 960. The van der Waals surface area contributed by atoms with E-state index in [1.165, 1.54) is 39.8 Å². The average molecular weight is 421 g/mol. The number of hydrogen-bond donors (Lipinski definition) is 2. The fourth-order valence-electron chi connectivity index (χ4n) is 5.16. The smallest absolute Gasteiger partial charge is 0.408 e. The lowest BCUT2D eigenvalue weighted by molar-refractivity contribution is 0.0479. The molecule has 0 radical (unpaired) electrons. The molecule has 0 aromatic heterocycles. The van der Waals surface area contributed by atoms with Gasteiger partial charge in [0.25, 0.3) is 0 Å². The van der Waals surface area contributed by atoms with E-state index in [4.69, 9.17) is 10.5 Å². The van der Waals surface area contributed by atoms with Gasteiger partial charge in [0.1, 0.15) is 5.60 Å². The first-order chi connectivity index (χ1) is 14.7. The standard InChI is InChI=1S/C27H36N2O2/c1-17-8-10-20-12-13-21(25(23(20)14-17)29-26(30)31-27(2,3)4)15-18-9-11-19-6-5-7-24(28)22(19)16-18/h8-11,14,16,21,24-25H,5-7,12-13,15,28H2,1-4H3,(H,29,30)/t21?,24-,25-/m0/s1. The minimum absolute atomic E-state index is 0.0526. The summed E-state index contributed by atoms with van der Waals surface area (Å²) in [6.45, 7) is 7.82. The fraction of sp³-hybridized carbons (Fsp3) is 0.519. The van der Waals surface area contributed by atoms with E-state index in [0.29, 0.717) is 5.92 Å². The molecule has 0 saturated carbocycles. The van der Waals surface area contributed by atoms with Crippen molar-refractivity contribution in [3.8, 4) is 0 Å². The number of carbonyl (C=O) groups is 1. The molecule has 2 aliphatic carbocycles. The Hall–Kier alpha value is -2.33. The highest BCUT2D eigenvalue weighted by atomic mass is 16.6. The zero-order valence-corrected chi connectivity index (χ0v) is 19.3. The summed E-state index contributed by atoms with van der Waals surface area (Å²) < 4.78 is 5.61. The van der Waals surface area contributed by atoms with E-state index in [9.17, 15) is 4.79 Å². The van der Waals surface area contributed by atoms with E-state index in [2.05, 4.69) is 48.6 Å². The minimum Gasteiger partial charge on any atom is -0.444 e. The second-order valence-corrected chi connectivity index (χ2v) is 10.4. The summed E-state index contributed by atoms with van der Waals surface area (Å²) in [6, 6.07) is 13.5. The van der Waals surface area contributed by atoms with Crippen molar-refractivity contribution in [1.29, 1.82) is 0 Å². The van der Waals surface area contributed by atoms with Crippen LogP contribution < -0.4 is 11.1 Å². The van der Waals surface area contributed by atoms with Gasteiger partial charge in [-0.2, -0.15) is 0 Å². The van der Waals surface area contributed by atoms with Gasteiger partial charge in [-0.3, -0.25) is 0 Å². The van der Waals surface area contributed by atoms with Crippen LogP contribution in [0.5, 0.6) is 0 Å². The highest BCUT2D eigenvalue weighted by Crippen LogP contribution is 2.38. The van der Waals surface area contributed by atoms with Crippen LogP contribution >= 0.6 is 0 Å². The summed E-state index contributed by atoms with van der Waals surface area (Å²) >= 11 is 0. The lowest BCUT2D eigenvalue weighted by atomic mass is 9.76. The van der Waals surface area contributed by atoms with E-state index in [-0.39, 0.29) is 18.2 Å². The summed E-state index contributed by atoms with van der Waals surface area (Å²) in [7, 11) is 0. The van der Waals surface area contributed by atoms with Crippen LogP contribution in [-0.2, 0) is 24.0 Å². The van der Waals surface area contributed by atoms with Gasteiger partial charge in [-0.1, -0.05) is 42.0 Å². The number of nitrogens with two attached hydrogens (primary N) is 1. The Morgan fingerprint density at radius 3 is 2.58 bits per heavy atom. The molecule has 166 valence electrons. The number of ether oxygens (including phenoxy) is 1. The van der Waals surface area contributed by atoms with Gasteiger partial charge in [-0.25, -0.2) is 4.79 Å². The Morgan fingerprint density at radius 1 is 1.06 bits per heavy atom. The minimum atomic E-state index is -0.516. The molecule has 31 heavy (non-hydrogen) atoms. The number of benzene rings is 2. The summed E-state index contributed by atoms with van der Waals surface area (Å²) in [4.78, 5) is 12.7. The lowest BCUT2D eigenvalue weighted by Gasteiger charge is -2.35. The van der Waals surface area contributed by atoms with Gasteiger partial charge in [0.15, 0.2) is 0 Å². The van der Waals surface area contributed by atoms with Gasteiger partial charge < -0.3 is 15.8 Å². The summed E-state index contributed by atoms with van der Waals surface area (Å²) in [5, 5.41) is 3.21. The van der Waals surface area contributed by atoms with Gasteiger partial charge >= 0.3 is 6.09 Å². The maximum Gasteiger partial charge on any atom is 0.408 e. The molecule has 0 heterocycles. The summed E-state index contributed by atoms with van der Waals surface area (Å²) in [5.74, 6) is 0.319. The highest BCUT2D eigenvalue weighted by molar-refractivity contribution is 5.68. The lowest BCUT2D eigenvalue weighted by Crippen LogP contribution is -2.40. The topological polar surface area (TPSA) is 64.3 Å². The number of fused-ring (bicyclic) bond motifs is 2. The van der Waals surface area contributed by atoms with E-state index in [1.807, 2.05) is 20.8 Å². The van der Waals surface area contributed by atoms with E-state index < -0.39 is 5.60 Å².